The summed E-state index contributed by atoms with van der Waals surface area (Å²) in [7, 11) is 0. The lowest BCUT2D eigenvalue weighted by molar-refractivity contribution is 0.0945. The summed E-state index contributed by atoms with van der Waals surface area (Å²) < 4.78 is 5.41. The van der Waals surface area contributed by atoms with Crippen LogP contribution in [0.1, 0.15) is 47.6 Å². The van der Waals surface area contributed by atoms with E-state index in [4.69, 9.17) is 15.6 Å². The van der Waals surface area contributed by atoms with Crippen LogP contribution in [0.3, 0.4) is 0 Å². The van der Waals surface area contributed by atoms with Crippen LogP contribution in [-0.4, -0.2) is 60.4 Å². The van der Waals surface area contributed by atoms with Crippen molar-refractivity contribution >= 4 is 5.91 Å². The third-order valence-corrected chi connectivity index (χ3v) is 5.78. The maximum Gasteiger partial charge on any atom is 0.270 e. The largest absolute Gasteiger partial charge is 0.491 e. The third-order valence-electron chi connectivity index (χ3n) is 5.78. The molecule has 0 saturated heterocycles. The SMILES string of the molecule is Cc1nc(C(=O)NCc2cccc(OCCO)c2)cc(-c2nnn(C[C@H]3CC[C@H](N)CC3)n2)n1. The summed E-state index contributed by atoms with van der Waals surface area (Å²) in [6.07, 6.45) is 4.17. The number of hydrogen-bond acceptors (Lipinski definition) is 9. The van der Waals surface area contributed by atoms with Crippen LogP contribution >= 0.6 is 0 Å². The number of aromatic nitrogens is 6. The molecule has 2 aromatic heterocycles. The standard InChI is InChI=1S/C23H30N8O3/c1-15-26-20(22-28-30-31(29-22)14-16-5-7-18(24)8-6-16)12-21(27-15)23(33)25-13-17-3-2-4-19(11-17)34-10-9-32/h2-4,11-12,16,18,32H,5-10,13-14,24H2,1H3,(H,25,33)/t16-,18-. The third kappa shape index (κ3) is 6.33. The Labute approximate surface area is 197 Å². The Bertz CT molecular complexity index is 1110. The molecule has 0 unspecified atom stereocenters. The average molecular weight is 467 g/mol. The summed E-state index contributed by atoms with van der Waals surface area (Å²) in [4.78, 5) is 23.0. The second kappa shape index (κ2) is 11.1. The Kier molecular flexibility index (Phi) is 7.76. The van der Waals surface area contributed by atoms with Crippen molar-refractivity contribution < 1.29 is 14.6 Å². The van der Waals surface area contributed by atoms with Crippen molar-refractivity contribution in [1.29, 1.82) is 0 Å². The van der Waals surface area contributed by atoms with Gasteiger partial charge in [-0.05, 0) is 67.5 Å². The van der Waals surface area contributed by atoms with Gasteiger partial charge in [-0.1, -0.05) is 12.1 Å². The molecule has 3 aromatic rings. The van der Waals surface area contributed by atoms with Crippen molar-refractivity contribution in [2.45, 2.75) is 51.7 Å². The number of nitrogens with zero attached hydrogens (tertiary/aromatic N) is 6. The quantitative estimate of drug-likeness (QED) is 0.423. The number of benzene rings is 1. The first kappa shape index (κ1) is 23.7. The summed E-state index contributed by atoms with van der Waals surface area (Å²) in [6, 6.07) is 9.19. The molecular weight excluding hydrogens is 436 g/mol. The van der Waals surface area contributed by atoms with E-state index in [1.807, 2.05) is 18.2 Å². The maximum atomic E-state index is 12.8. The first-order valence-corrected chi connectivity index (χ1v) is 11.5. The van der Waals surface area contributed by atoms with Crippen LogP contribution in [0.4, 0.5) is 0 Å². The normalized spacial score (nSPS) is 18.0. The van der Waals surface area contributed by atoms with Crippen LogP contribution < -0.4 is 15.8 Å². The van der Waals surface area contributed by atoms with Crippen molar-refractivity contribution in [2.24, 2.45) is 11.7 Å². The Morgan fingerprint density at radius 3 is 2.85 bits per heavy atom. The summed E-state index contributed by atoms with van der Waals surface area (Å²) in [5.74, 6) is 1.59. The molecule has 1 saturated carbocycles. The highest BCUT2D eigenvalue weighted by atomic mass is 16.5. The fourth-order valence-electron chi connectivity index (χ4n) is 4.01. The lowest BCUT2D eigenvalue weighted by Crippen LogP contribution is -2.28. The molecule has 11 heteroatoms. The van der Waals surface area contributed by atoms with Crippen LogP contribution in [0.5, 0.6) is 5.75 Å². The van der Waals surface area contributed by atoms with E-state index in [-0.39, 0.29) is 24.8 Å². The van der Waals surface area contributed by atoms with E-state index in [1.165, 1.54) is 0 Å². The van der Waals surface area contributed by atoms with Crippen molar-refractivity contribution in [3.63, 3.8) is 0 Å². The predicted octanol–water partition coefficient (Wildman–Crippen LogP) is 1.26. The highest BCUT2D eigenvalue weighted by Crippen LogP contribution is 2.24. The van der Waals surface area contributed by atoms with Gasteiger partial charge >= 0.3 is 0 Å². The first-order valence-electron chi connectivity index (χ1n) is 11.5. The molecule has 4 N–H and O–H groups in total. The van der Waals surface area contributed by atoms with Gasteiger partial charge in [0.25, 0.3) is 5.91 Å². The average Bonchev–Trinajstić information content (AvgIpc) is 3.31. The minimum atomic E-state index is -0.334. The highest BCUT2D eigenvalue weighted by molar-refractivity contribution is 5.93. The van der Waals surface area contributed by atoms with Gasteiger partial charge in [0.05, 0.1) is 13.2 Å². The Morgan fingerprint density at radius 2 is 2.06 bits per heavy atom. The Morgan fingerprint density at radius 1 is 1.24 bits per heavy atom. The molecule has 180 valence electrons. The number of rotatable bonds is 9. The zero-order valence-corrected chi connectivity index (χ0v) is 19.2. The zero-order valence-electron chi connectivity index (χ0n) is 19.2. The molecule has 1 amide bonds. The molecule has 1 aliphatic carbocycles. The molecule has 4 rings (SSSR count). The van der Waals surface area contributed by atoms with E-state index >= 15 is 0 Å². The molecule has 1 aromatic carbocycles. The van der Waals surface area contributed by atoms with Gasteiger partial charge in [-0.2, -0.15) is 4.80 Å². The van der Waals surface area contributed by atoms with E-state index < -0.39 is 0 Å². The van der Waals surface area contributed by atoms with Gasteiger partial charge in [-0.3, -0.25) is 4.79 Å². The smallest absolute Gasteiger partial charge is 0.270 e. The topological polar surface area (TPSA) is 154 Å². The van der Waals surface area contributed by atoms with E-state index in [9.17, 15) is 4.79 Å². The number of nitrogens with two attached hydrogens (primary N) is 1. The predicted molar refractivity (Wildman–Crippen MR) is 124 cm³/mol. The summed E-state index contributed by atoms with van der Waals surface area (Å²) in [5, 5.41) is 24.5. The van der Waals surface area contributed by atoms with Gasteiger partial charge in [-0.25, -0.2) is 9.97 Å². The monoisotopic (exact) mass is 466 g/mol. The minimum Gasteiger partial charge on any atom is -0.491 e. The van der Waals surface area contributed by atoms with Crippen LogP contribution in [0.25, 0.3) is 11.5 Å². The molecule has 0 aliphatic heterocycles. The van der Waals surface area contributed by atoms with E-state index in [0.29, 0.717) is 48.1 Å². The van der Waals surface area contributed by atoms with Gasteiger partial charge in [-0.15, -0.1) is 10.2 Å². The number of aliphatic hydroxyl groups excluding tert-OH is 1. The fraction of sp³-hybridized carbons (Fsp3) is 0.478. The molecule has 2 heterocycles. The van der Waals surface area contributed by atoms with Crippen molar-refractivity contribution in [3.05, 3.63) is 47.4 Å². The van der Waals surface area contributed by atoms with Gasteiger partial charge in [0.15, 0.2) is 0 Å². The molecule has 0 atom stereocenters. The van der Waals surface area contributed by atoms with Crippen molar-refractivity contribution in [1.82, 2.24) is 35.5 Å². The van der Waals surface area contributed by atoms with Crippen LogP contribution in [-0.2, 0) is 13.1 Å². The fourth-order valence-corrected chi connectivity index (χ4v) is 4.01. The van der Waals surface area contributed by atoms with E-state index in [1.54, 1.807) is 23.9 Å². The van der Waals surface area contributed by atoms with Gasteiger partial charge in [0.1, 0.15) is 29.6 Å². The highest BCUT2D eigenvalue weighted by Gasteiger charge is 2.21. The van der Waals surface area contributed by atoms with Crippen LogP contribution in [0, 0.1) is 12.8 Å². The van der Waals surface area contributed by atoms with Crippen LogP contribution in [0.2, 0.25) is 0 Å². The molecule has 11 nitrogen and oxygen atoms in total. The molecule has 0 bridgehead atoms. The number of carbonyl (C=O) groups excluding carboxylic acids is 1. The van der Waals surface area contributed by atoms with E-state index in [0.717, 1.165) is 31.2 Å². The second-order valence-corrected chi connectivity index (χ2v) is 8.54. The lowest BCUT2D eigenvalue weighted by atomic mass is 9.86. The first-order chi connectivity index (χ1) is 16.5. The number of carbonyl (C=O) groups is 1. The lowest BCUT2D eigenvalue weighted by Gasteiger charge is -2.25. The number of tetrazole rings is 1. The van der Waals surface area contributed by atoms with Gasteiger partial charge < -0.3 is 20.9 Å². The molecular formula is C23H30N8O3. The Hall–Kier alpha value is -3.44. The number of aryl methyl sites for hydroxylation is 1. The summed E-state index contributed by atoms with van der Waals surface area (Å²) >= 11 is 0. The molecule has 1 aliphatic rings. The van der Waals surface area contributed by atoms with Crippen LogP contribution in [0.15, 0.2) is 30.3 Å². The molecule has 1 fully saturated rings. The number of hydrogen-bond donors (Lipinski definition) is 3. The van der Waals surface area contributed by atoms with Crippen molar-refractivity contribution in [2.75, 3.05) is 13.2 Å². The minimum absolute atomic E-state index is 0.0612. The molecule has 0 spiro atoms. The zero-order chi connectivity index (χ0) is 23.9. The number of nitrogens with one attached hydrogen (secondary N) is 1. The van der Waals surface area contributed by atoms with E-state index in [2.05, 4.69) is 30.7 Å². The molecule has 0 radical (unpaired) electrons. The maximum absolute atomic E-state index is 12.8. The van der Waals surface area contributed by atoms with Gasteiger partial charge in [0.2, 0.25) is 5.82 Å². The number of aliphatic hydroxyl groups is 1. The summed E-state index contributed by atoms with van der Waals surface area (Å²) in [5.41, 5.74) is 7.54. The Balaban J connectivity index is 1.40. The molecule has 34 heavy (non-hydrogen) atoms. The second-order valence-electron chi connectivity index (χ2n) is 8.54. The van der Waals surface area contributed by atoms with Gasteiger partial charge in [0, 0.05) is 12.6 Å². The van der Waals surface area contributed by atoms with Crippen molar-refractivity contribution in [3.8, 4) is 17.3 Å². The number of ether oxygens (including phenoxy) is 1. The number of amides is 1. The summed E-state index contributed by atoms with van der Waals surface area (Å²) in [6.45, 7) is 2.86.